The number of pyridine rings is 1. The molecule has 1 N–H and O–H groups in total. The van der Waals surface area contributed by atoms with E-state index < -0.39 is 0 Å². The second kappa shape index (κ2) is 6.68. The molecule has 2 aromatic rings. The lowest BCUT2D eigenvalue weighted by atomic mass is 9.54. The van der Waals surface area contributed by atoms with Gasteiger partial charge in [0.05, 0.1) is 5.75 Å². The second-order valence-corrected chi connectivity index (χ2v) is 8.83. The first kappa shape index (κ1) is 16.3. The number of rotatable bonds is 5. The van der Waals surface area contributed by atoms with E-state index in [0.29, 0.717) is 40.4 Å². The molecule has 6 rings (SSSR count). The third-order valence-electron chi connectivity index (χ3n) is 6.17. The Morgan fingerprint density at radius 2 is 1.88 bits per heavy atom. The molecule has 4 fully saturated rings. The maximum absolute atomic E-state index is 12.5. The Labute approximate surface area is 156 Å². The number of amides is 1. The summed E-state index contributed by atoms with van der Waals surface area (Å²) in [5, 5.41) is 11.7. The Bertz CT molecular complexity index is 766. The van der Waals surface area contributed by atoms with Crippen LogP contribution in [0.2, 0.25) is 0 Å². The molecule has 1 amide bonds. The van der Waals surface area contributed by atoms with Crippen LogP contribution in [0.15, 0.2) is 34.0 Å². The van der Waals surface area contributed by atoms with Gasteiger partial charge in [0.2, 0.25) is 5.91 Å². The molecule has 26 heavy (non-hydrogen) atoms. The van der Waals surface area contributed by atoms with Crippen molar-refractivity contribution < 1.29 is 9.21 Å². The first-order chi connectivity index (χ1) is 12.7. The zero-order chi connectivity index (χ0) is 17.5. The summed E-state index contributed by atoms with van der Waals surface area (Å²) >= 11 is 1.29. The van der Waals surface area contributed by atoms with Gasteiger partial charge < -0.3 is 9.73 Å². The summed E-state index contributed by atoms with van der Waals surface area (Å²) in [6.45, 7) is 0. The van der Waals surface area contributed by atoms with Crippen LogP contribution >= 0.6 is 11.8 Å². The van der Waals surface area contributed by atoms with Crippen LogP contribution in [0.4, 0.5) is 0 Å². The molecule has 0 unspecified atom stereocenters. The van der Waals surface area contributed by atoms with Gasteiger partial charge >= 0.3 is 0 Å². The van der Waals surface area contributed by atoms with E-state index in [1.54, 1.807) is 6.20 Å². The van der Waals surface area contributed by atoms with Crippen LogP contribution in [0, 0.1) is 23.7 Å². The summed E-state index contributed by atoms with van der Waals surface area (Å²) in [6, 6.07) is 5.91. The zero-order valence-electron chi connectivity index (χ0n) is 14.5. The van der Waals surface area contributed by atoms with Gasteiger partial charge in [-0.15, -0.1) is 10.2 Å². The molecule has 7 heteroatoms. The van der Waals surface area contributed by atoms with E-state index >= 15 is 0 Å². The molecular weight excluding hydrogens is 348 g/mol. The SMILES string of the molecule is O=C(CSc1nnc(-c2ccccn2)o1)NC1C2CC3CC(C2)CC1C3. The largest absolute Gasteiger partial charge is 0.410 e. The van der Waals surface area contributed by atoms with Crippen molar-refractivity contribution in [2.24, 2.45) is 23.7 Å². The summed E-state index contributed by atoms with van der Waals surface area (Å²) in [7, 11) is 0. The zero-order valence-corrected chi connectivity index (χ0v) is 15.3. The lowest BCUT2D eigenvalue weighted by molar-refractivity contribution is -0.122. The van der Waals surface area contributed by atoms with Crippen molar-refractivity contribution in [2.75, 3.05) is 5.75 Å². The third-order valence-corrected chi connectivity index (χ3v) is 6.99. The van der Waals surface area contributed by atoms with Gasteiger partial charge in [-0.25, -0.2) is 0 Å². The number of carbonyl (C=O) groups is 1. The maximum atomic E-state index is 12.5. The van der Waals surface area contributed by atoms with Crippen LogP contribution in [-0.4, -0.2) is 32.9 Å². The molecule has 4 saturated carbocycles. The Hall–Kier alpha value is -1.89. The Morgan fingerprint density at radius 1 is 1.12 bits per heavy atom. The van der Waals surface area contributed by atoms with Gasteiger partial charge in [-0.2, -0.15) is 0 Å². The lowest BCUT2D eigenvalue weighted by Crippen LogP contribution is -2.56. The summed E-state index contributed by atoms with van der Waals surface area (Å²) in [6.07, 6.45) is 8.35. The molecule has 136 valence electrons. The van der Waals surface area contributed by atoms with Gasteiger partial charge in [0.1, 0.15) is 5.69 Å². The maximum Gasteiger partial charge on any atom is 0.277 e. The summed E-state index contributed by atoms with van der Waals surface area (Å²) in [5.74, 6) is 4.00. The van der Waals surface area contributed by atoms with Crippen LogP contribution in [0.3, 0.4) is 0 Å². The molecule has 0 aromatic carbocycles. The highest BCUT2D eigenvalue weighted by atomic mass is 32.2. The lowest BCUT2D eigenvalue weighted by Gasteiger charge is -2.54. The monoisotopic (exact) mass is 370 g/mol. The quantitative estimate of drug-likeness (QED) is 0.814. The minimum absolute atomic E-state index is 0.0741. The van der Waals surface area contributed by atoms with E-state index in [9.17, 15) is 4.79 Å². The van der Waals surface area contributed by atoms with Crippen molar-refractivity contribution in [3.63, 3.8) is 0 Å². The van der Waals surface area contributed by atoms with Crippen molar-refractivity contribution >= 4 is 17.7 Å². The fourth-order valence-corrected chi connectivity index (χ4v) is 5.95. The molecule has 0 spiro atoms. The van der Waals surface area contributed by atoms with E-state index in [1.807, 2.05) is 18.2 Å². The van der Waals surface area contributed by atoms with Gasteiger partial charge in [0, 0.05) is 12.2 Å². The molecule has 0 atom stereocenters. The molecule has 0 saturated heterocycles. The van der Waals surface area contributed by atoms with E-state index in [-0.39, 0.29) is 5.91 Å². The van der Waals surface area contributed by atoms with Crippen molar-refractivity contribution in [1.29, 1.82) is 0 Å². The van der Waals surface area contributed by atoms with Crippen molar-refractivity contribution in [2.45, 2.75) is 43.4 Å². The van der Waals surface area contributed by atoms with Gasteiger partial charge in [-0.3, -0.25) is 9.78 Å². The van der Waals surface area contributed by atoms with E-state index in [2.05, 4.69) is 20.5 Å². The average molecular weight is 370 g/mol. The predicted molar refractivity (Wildman–Crippen MR) is 97.2 cm³/mol. The molecule has 2 heterocycles. The van der Waals surface area contributed by atoms with Crippen LogP contribution in [-0.2, 0) is 4.79 Å². The van der Waals surface area contributed by atoms with Crippen molar-refractivity contribution in [3.05, 3.63) is 24.4 Å². The molecule has 0 aliphatic heterocycles. The third kappa shape index (κ3) is 3.13. The number of hydrogen-bond acceptors (Lipinski definition) is 6. The molecule has 6 nitrogen and oxygen atoms in total. The molecule has 4 aliphatic rings. The van der Waals surface area contributed by atoms with Crippen molar-refractivity contribution in [3.8, 4) is 11.6 Å². The average Bonchev–Trinajstić information content (AvgIpc) is 3.12. The highest BCUT2D eigenvalue weighted by molar-refractivity contribution is 7.99. The molecular formula is C19H22N4O2S. The molecule has 4 aliphatic carbocycles. The number of nitrogens with zero attached hydrogens (tertiary/aromatic N) is 3. The Kier molecular flexibility index (Phi) is 4.19. The summed E-state index contributed by atoms with van der Waals surface area (Å²) in [4.78, 5) is 16.6. The minimum atomic E-state index is 0.0741. The topological polar surface area (TPSA) is 80.9 Å². The highest BCUT2D eigenvalue weighted by Crippen LogP contribution is 2.53. The smallest absolute Gasteiger partial charge is 0.277 e. The van der Waals surface area contributed by atoms with Crippen molar-refractivity contribution in [1.82, 2.24) is 20.5 Å². The van der Waals surface area contributed by atoms with E-state index in [1.165, 1.54) is 43.9 Å². The minimum Gasteiger partial charge on any atom is -0.410 e. The van der Waals surface area contributed by atoms with Gasteiger partial charge in [-0.1, -0.05) is 17.8 Å². The normalized spacial score (nSPS) is 31.9. The van der Waals surface area contributed by atoms with Gasteiger partial charge in [0.25, 0.3) is 11.1 Å². The number of thioether (sulfide) groups is 1. The predicted octanol–water partition coefficient (Wildman–Crippen LogP) is 3.16. The van der Waals surface area contributed by atoms with Crippen LogP contribution in [0.1, 0.15) is 32.1 Å². The van der Waals surface area contributed by atoms with E-state index in [0.717, 1.165) is 11.8 Å². The first-order valence-corrected chi connectivity index (χ1v) is 10.4. The molecule has 4 bridgehead atoms. The van der Waals surface area contributed by atoms with Gasteiger partial charge in [-0.05, 0) is 67.9 Å². The fourth-order valence-electron chi connectivity index (χ4n) is 5.38. The standard InChI is InChI=1S/C19H22N4O2S/c24-16(21-17-13-6-11-5-12(8-13)9-14(17)7-11)10-26-19-23-22-18(25-19)15-3-1-2-4-20-15/h1-4,11-14,17H,5-10H2,(H,21,24). The highest BCUT2D eigenvalue weighted by Gasteiger charge is 2.48. The van der Waals surface area contributed by atoms with Crippen LogP contribution in [0.5, 0.6) is 0 Å². The van der Waals surface area contributed by atoms with Crippen LogP contribution < -0.4 is 5.32 Å². The number of nitrogens with one attached hydrogen (secondary N) is 1. The molecule has 0 radical (unpaired) electrons. The first-order valence-electron chi connectivity index (χ1n) is 9.41. The van der Waals surface area contributed by atoms with Crippen LogP contribution in [0.25, 0.3) is 11.6 Å². The van der Waals surface area contributed by atoms with E-state index in [4.69, 9.17) is 4.42 Å². The Morgan fingerprint density at radius 3 is 2.58 bits per heavy atom. The number of aromatic nitrogens is 3. The number of hydrogen-bond donors (Lipinski definition) is 1. The Balaban J connectivity index is 1.16. The summed E-state index contributed by atoms with van der Waals surface area (Å²) in [5.41, 5.74) is 0.643. The van der Waals surface area contributed by atoms with Gasteiger partial charge in [0.15, 0.2) is 0 Å². The summed E-state index contributed by atoms with van der Waals surface area (Å²) < 4.78 is 5.60. The molecule has 2 aromatic heterocycles. The fraction of sp³-hybridized carbons (Fsp3) is 0.579. The second-order valence-electron chi connectivity index (χ2n) is 7.90. The number of carbonyl (C=O) groups excluding carboxylic acids is 1.